The van der Waals surface area contributed by atoms with Crippen molar-refractivity contribution in [3.8, 4) is 5.75 Å². The molecule has 0 amide bonds. The van der Waals surface area contributed by atoms with Crippen molar-refractivity contribution in [1.82, 2.24) is 4.98 Å². The Labute approximate surface area is 113 Å². The summed E-state index contributed by atoms with van der Waals surface area (Å²) in [6.45, 7) is 0.279. The largest absolute Gasteiger partial charge is 0.489 e. The zero-order valence-electron chi connectivity index (χ0n) is 9.75. The summed E-state index contributed by atoms with van der Waals surface area (Å²) in [6.07, 6.45) is 1.60. The summed E-state index contributed by atoms with van der Waals surface area (Å²) in [5, 5.41) is 10.6. The highest BCUT2D eigenvalue weighted by atomic mass is 35.5. The number of pyridine rings is 1. The number of nitrogens with two attached hydrogens (primary N) is 1. The van der Waals surface area contributed by atoms with Crippen molar-refractivity contribution >= 4 is 23.1 Å². The first-order chi connectivity index (χ1) is 9.06. The molecule has 2 rings (SSSR count). The molecule has 98 valence electrons. The molecule has 1 aromatic carbocycles. The van der Waals surface area contributed by atoms with E-state index in [1.165, 1.54) is 18.2 Å². The van der Waals surface area contributed by atoms with Gasteiger partial charge in [0.2, 0.25) is 0 Å². The average Bonchev–Trinajstić information content (AvgIpc) is 2.37. The van der Waals surface area contributed by atoms with Gasteiger partial charge in [0.15, 0.2) is 0 Å². The van der Waals surface area contributed by atoms with E-state index in [4.69, 9.17) is 22.1 Å². The average molecular weight is 280 g/mol. The molecule has 0 radical (unpaired) electrons. The van der Waals surface area contributed by atoms with Gasteiger partial charge in [0.25, 0.3) is 5.69 Å². The smallest absolute Gasteiger partial charge is 0.288 e. The van der Waals surface area contributed by atoms with Crippen molar-refractivity contribution in [3.63, 3.8) is 0 Å². The van der Waals surface area contributed by atoms with Crippen molar-refractivity contribution in [3.05, 3.63) is 57.2 Å². The molecule has 2 aromatic rings. The predicted octanol–water partition coefficient (Wildman–Crippen LogP) is 2.80. The molecule has 0 atom stereocenters. The number of nitro groups is 1. The third-order valence-electron chi connectivity index (χ3n) is 2.37. The van der Waals surface area contributed by atoms with Crippen LogP contribution in [0.25, 0.3) is 0 Å². The highest BCUT2D eigenvalue weighted by Crippen LogP contribution is 2.28. The van der Waals surface area contributed by atoms with E-state index in [-0.39, 0.29) is 17.3 Å². The lowest BCUT2D eigenvalue weighted by molar-refractivity contribution is -0.384. The molecule has 1 heterocycles. The summed E-state index contributed by atoms with van der Waals surface area (Å²) in [5.41, 5.74) is 6.15. The van der Waals surface area contributed by atoms with E-state index in [2.05, 4.69) is 4.98 Å². The van der Waals surface area contributed by atoms with Gasteiger partial charge in [-0.05, 0) is 12.1 Å². The summed E-state index contributed by atoms with van der Waals surface area (Å²) in [5.74, 6) is 0.884. The summed E-state index contributed by atoms with van der Waals surface area (Å²) in [7, 11) is 0. The number of nitrogen functional groups attached to an aromatic ring is 1. The summed E-state index contributed by atoms with van der Waals surface area (Å²) >= 11 is 5.78. The molecule has 0 aliphatic rings. The van der Waals surface area contributed by atoms with Crippen LogP contribution in [-0.4, -0.2) is 9.91 Å². The summed E-state index contributed by atoms with van der Waals surface area (Å²) < 4.78 is 5.46. The van der Waals surface area contributed by atoms with E-state index in [0.29, 0.717) is 11.6 Å². The minimum absolute atomic E-state index is 0.0398. The molecule has 6 nitrogen and oxygen atoms in total. The molecular weight excluding hydrogens is 270 g/mol. The molecule has 0 unspecified atom stereocenters. The Balaban J connectivity index is 2.06. The van der Waals surface area contributed by atoms with Crippen LogP contribution in [0.15, 0.2) is 36.5 Å². The van der Waals surface area contributed by atoms with Crippen LogP contribution in [0.5, 0.6) is 5.75 Å². The molecule has 0 spiro atoms. The van der Waals surface area contributed by atoms with Gasteiger partial charge in [-0.3, -0.25) is 10.1 Å². The second-order valence-electron chi connectivity index (χ2n) is 3.75. The number of halogens is 1. The van der Waals surface area contributed by atoms with E-state index in [9.17, 15) is 10.1 Å². The maximum absolute atomic E-state index is 10.6. The third-order valence-corrected chi connectivity index (χ3v) is 2.67. The second kappa shape index (κ2) is 5.53. The van der Waals surface area contributed by atoms with Crippen molar-refractivity contribution in [2.75, 3.05) is 5.73 Å². The number of hydrogen-bond donors (Lipinski definition) is 1. The summed E-state index contributed by atoms with van der Waals surface area (Å²) in [4.78, 5) is 14.0. The predicted molar refractivity (Wildman–Crippen MR) is 71.1 cm³/mol. The van der Waals surface area contributed by atoms with Crippen LogP contribution < -0.4 is 10.5 Å². The van der Waals surface area contributed by atoms with E-state index in [1.54, 1.807) is 18.3 Å². The normalized spacial score (nSPS) is 10.2. The van der Waals surface area contributed by atoms with Crippen LogP contribution in [0.2, 0.25) is 5.02 Å². The van der Waals surface area contributed by atoms with Gasteiger partial charge >= 0.3 is 0 Å². The Morgan fingerprint density at radius 2 is 2.16 bits per heavy atom. The molecule has 2 N–H and O–H groups in total. The first kappa shape index (κ1) is 13.1. The van der Waals surface area contributed by atoms with Crippen LogP contribution in [0.1, 0.15) is 5.56 Å². The Kier molecular flexibility index (Phi) is 3.82. The summed E-state index contributed by atoms with van der Waals surface area (Å²) in [6, 6.07) is 7.66. The van der Waals surface area contributed by atoms with Gasteiger partial charge in [-0.2, -0.15) is 0 Å². The highest BCUT2D eigenvalue weighted by molar-refractivity contribution is 6.32. The topological polar surface area (TPSA) is 91.3 Å². The van der Waals surface area contributed by atoms with Gasteiger partial charge in [0, 0.05) is 23.9 Å². The molecule has 0 bridgehead atoms. The number of benzene rings is 1. The molecule has 19 heavy (non-hydrogen) atoms. The fourth-order valence-corrected chi connectivity index (χ4v) is 1.65. The van der Waals surface area contributed by atoms with Crippen LogP contribution in [0.3, 0.4) is 0 Å². The standard InChI is InChI=1S/C12H10ClN3O3/c13-10-5-9(2-3-11(10)16(17)18)19-7-8-1-4-12(14)15-6-8/h1-6H,7H2,(H2,14,15). The number of nitro benzene ring substituents is 1. The minimum Gasteiger partial charge on any atom is -0.489 e. The van der Waals surface area contributed by atoms with Gasteiger partial charge in [-0.25, -0.2) is 4.98 Å². The molecule has 0 saturated heterocycles. The van der Waals surface area contributed by atoms with Gasteiger partial charge in [-0.15, -0.1) is 0 Å². The fraction of sp³-hybridized carbons (Fsp3) is 0.0833. The molecule has 1 aromatic heterocycles. The first-order valence-corrected chi connectivity index (χ1v) is 5.71. The van der Waals surface area contributed by atoms with Gasteiger partial charge < -0.3 is 10.5 Å². The van der Waals surface area contributed by atoms with Crippen molar-refractivity contribution in [2.24, 2.45) is 0 Å². The van der Waals surface area contributed by atoms with Gasteiger partial charge in [0.05, 0.1) is 4.92 Å². The monoisotopic (exact) mass is 279 g/mol. The van der Waals surface area contributed by atoms with E-state index in [0.717, 1.165) is 5.56 Å². The van der Waals surface area contributed by atoms with E-state index >= 15 is 0 Å². The van der Waals surface area contributed by atoms with Gasteiger partial charge in [0.1, 0.15) is 23.2 Å². The minimum atomic E-state index is -0.546. The number of rotatable bonds is 4. The van der Waals surface area contributed by atoms with Crippen LogP contribution in [-0.2, 0) is 6.61 Å². The van der Waals surface area contributed by atoms with Crippen molar-refractivity contribution < 1.29 is 9.66 Å². The van der Waals surface area contributed by atoms with Gasteiger partial charge in [-0.1, -0.05) is 17.7 Å². The number of hydrogen-bond acceptors (Lipinski definition) is 5. The number of nitrogens with zero attached hydrogens (tertiary/aromatic N) is 2. The molecular formula is C12H10ClN3O3. The molecule has 0 fully saturated rings. The van der Waals surface area contributed by atoms with E-state index in [1.807, 2.05) is 0 Å². The first-order valence-electron chi connectivity index (χ1n) is 5.33. The Morgan fingerprint density at radius 3 is 2.74 bits per heavy atom. The Hall–Kier alpha value is -2.34. The van der Waals surface area contributed by atoms with Crippen molar-refractivity contribution in [1.29, 1.82) is 0 Å². The van der Waals surface area contributed by atoms with Crippen LogP contribution >= 0.6 is 11.6 Å². The third kappa shape index (κ3) is 3.32. The molecule has 0 aliphatic carbocycles. The quantitative estimate of drug-likeness (QED) is 0.686. The number of anilines is 1. The Morgan fingerprint density at radius 1 is 1.37 bits per heavy atom. The molecule has 0 aliphatic heterocycles. The van der Waals surface area contributed by atoms with E-state index < -0.39 is 4.92 Å². The molecule has 0 saturated carbocycles. The fourth-order valence-electron chi connectivity index (χ4n) is 1.41. The maximum Gasteiger partial charge on any atom is 0.288 e. The highest BCUT2D eigenvalue weighted by Gasteiger charge is 2.12. The SMILES string of the molecule is Nc1ccc(COc2ccc([N+](=O)[O-])c(Cl)c2)cn1. The number of aromatic nitrogens is 1. The molecule has 7 heteroatoms. The lowest BCUT2D eigenvalue weighted by Gasteiger charge is -2.06. The lowest BCUT2D eigenvalue weighted by Crippen LogP contribution is -1.98. The van der Waals surface area contributed by atoms with Crippen molar-refractivity contribution in [2.45, 2.75) is 6.61 Å². The zero-order chi connectivity index (χ0) is 13.8. The second-order valence-corrected chi connectivity index (χ2v) is 4.16. The lowest BCUT2D eigenvalue weighted by atomic mass is 10.3. The number of ether oxygens (including phenoxy) is 1. The zero-order valence-corrected chi connectivity index (χ0v) is 10.5. The Bertz CT molecular complexity index is 602. The van der Waals surface area contributed by atoms with Crippen LogP contribution in [0.4, 0.5) is 11.5 Å². The van der Waals surface area contributed by atoms with Crippen LogP contribution in [0, 0.1) is 10.1 Å². The maximum atomic E-state index is 10.6.